The van der Waals surface area contributed by atoms with Gasteiger partial charge >= 0.3 is 6.18 Å². The largest absolute Gasteiger partial charge is 0.416 e. The lowest BCUT2D eigenvalue weighted by Crippen LogP contribution is -2.37. The van der Waals surface area contributed by atoms with Crippen molar-refractivity contribution >= 4 is 17.2 Å². The maximum absolute atomic E-state index is 12.7. The SMILES string of the molecule is N/C(=N\N(N)CC(O)C1CC1)c1ccccc1Nc1ccc(C(F)(F)F)cc1. The number of aliphatic hydroxyl groups is 1. The minimum atomic E-state index is -4.39. The quantitative estimate of drug-likeness (QED) is 0.251. The Morgan fingerprint density at radius 1 is 1.18 bits per heavy atom. The molecule has 3 rings (SSSR count). The number of hydrazine groups is 1. The van der Waals surface area contributed by atoms with Crippen molar-refractivity contribution in [1.29, 1.82) is 0 Å². The number of amidine groups is 1. The van der Waals surface area contributed by atoms with Crippen LogP contribution < -0.4 is 16.9 Å². The molecule has 2 aromatic rings. The third-order valence-corrected chi connectivity index (χ3v) is 4.47. The summed E-state index contributed by atoms with van der Waals surface area (Å²) in [5, 5.41) is 18.2. The van der Waals surface area contributed by atoms with Crippen LogP contribution >= 0.6 is 0 Å². The van der Waals surface area contributed by atoms with Crippen LogP contribution in [0.2, 0.25) is 0 Å². The molecule has 1 aliphatic carbocycles. The van der Waals surface area contributed by atoms with Gasteiger partial charge in [-0.1, -0.05) is 12.1 Å². The zero-order valence-electron chi connectivity index (χ0n) is 15.0. The van der Waals surface area contributed by atoms with E-state index in [1.807, 2.05) is 0 Å². The van der Waals surface area contributed by atoms with Crippen LogP contribution in [0.3, 0.4) is 0 Å². The van der Waals surface area contributed by atoms with Crippen molar-refractivity contribution in [2.24, 2.45) is 22.6 Å². The van der Waals surface area contributed by atoms with Crippen LogP contribution in [0, 0.1) is 5.92 Å². The van der Waals surface area contributed by atoms with Crippen LogP contribution in [-0.2, 0) is 6.18 Å². The molecule has 1 atom stereocenters. The molecule has 1 aliphatic rings. The van der Waals surface area contributed by atoms with Gasteiger partial charge in [0, 0.05) is 16.9 Å². The maximum atomic E-state index is 12.7. The van der Waals surface area contributed by atoms with E-state index < -0.39 is 17.8 Å². The first-order chi connectivity index (χ1) is 13.2. The molecule has 0 heterocycles. The van der Waals surface area contributed by atoms with E-state index in [1.54, 1.807) is 24.3 Å². The predicted molar refractivity (Wildman–Crippen MR) is 102 cm³/mol. The molecule has 6 N–H and O–H groups in total. The first kappa shape index (κ1) is 20.0. The summed E-state index contributed by atoms with van der Waals surface area (Å²) in [6.07, 6.45) is -2.98. The standard InChI is InChI=1S/C19H22F3N5O/c20-19(21,22)13-7-9-14(10-8-13)25-16-4-2-1-3-15(16)18(23)26-27(24)11-17(28)12-5-6-12/h1-4,7-10,12,17,25,28H,5-6,11,24H2,(H2,23,26). The first-order valence-electron chi connectivity index (χ1n) is 8.82. The Labute approximate surface area is 160 Å². The van der Waals surface area contributed by atoms with Crippen molar-refractivity contribution in [3.63, 3.8) is 0 Å². The number of rotatable bonds is 7. The molecule has 28 heavy (non-hydrogen) atoms. The number of aliphatic hydroxyl groups excluding tert-OH is 1. The molecule has 0 radical (unpaired) electrons. The van der Waals surface area contributed by atoms with Gasteiger partial charge in [0.25, 0.3) is 0 Å². The lowest BCUT2D eigenvalue weighted by atomic mass is 10.1. The molecule has 0 amide bonds. The number of alkyl halides is 3. The topological polar surface area (TPSA) is 99.9 Å². The number of nitrogens with zero attached hydrogens (tertiary/aromatic N) is 2. The fourth-order valence-corrected chi connectivity index (χ4v) is 2.77. The van der Waals surface area contributed by atoms with Gasteiger partial charge in [-0.15, -0.1) is 5.10 Å². The average molecular weight is 393 g/mol. The van der Waals surface area contributed by atoms with E-state index in [0.29, 0.717) is 16.9 Å². The number of nitrogens with two attached hydrogens (primary N) is 2. The van der Waals surface area contributed by atoms with Gasteiger partial charge in [0.15, 0.2) is 5.84 Å². The molecule has 0 spiro atoms. The van der Waals surface area contributed by atoms with Crippen LogP contribution in [0.15, 0.2) is 53.6 Å². The highest BCUT2D eigenvalue weighted by atomic mass is 19.4. The van der Waals surface area contributed by atoms with E-state index in [0.717, 1.165) is 30.1 Å². The lowest BCUT2D eigenvalue weighted by Gasteiger charge is -2.18. The number of nitrogens with one attached hydrogen (secondary N) is 1. The molecular formula is C19H22F3N5O. The van der Waals surface area contributed by atoms with Gasteiger partial charge < -0.3 is 16.2 Å². The van der Waals surface area contributed by atoms with Gasteiger partial charge in [0.1, 0.15) is 0 Å². The van der Waals surface area contributed by atoms with E-state index >= 15 is 0 Å². The molecule has 6 nitrogen and oxygen atoms in total. The van der Waals surface area contributed by atoms with Crippen molar-refractivity contribution in [3.05, 3.63) is 59.7 Å². The van der Waals surface area contributed by atoms with Gasteiger partial charge in [0.2, 0.25) is 0 Å². The summed E-state index contributed by atoms with van der Waals surface area (Å²) in [5.74, 6) is 6.20. The summed E-state index contributed by atoms with van der Waals surface area (Å²) < 4.78 is 38.1. The minimum absolute atomic E-state index is 0.125. The molecule has 1 fully saturated rings. The van der Waals surface area contributed by atoms with E-state index in [9.17, 15) is 18.3 Å². The van der Waals surface area contributed by atoms with Gasteiger partial charge in [-0.25, -0.2) is 11.0 Å². The summed E-state index contributed by atoms with van der Waals surface area (Å²) in [7, 11) is 0. The highest BCUT2D eigenvalue weighted by Crippen LogP contribution is 2.33. The van der Waals surface area contributed by atoms with Crippen molar-refractivity contribution in [1.82, 2.24) is 5.12 Å². The predicted octanol–water partition coefficient (Wildman–Crippen LogP) is 3.02. The zero-order chi connectivity index (χ0) is 20.3. The Bertz CT molecular complexity index is 834. The second-order valence-electron chi connectivity index (χ2n) is 6.76. The molecule has 150 valence electrons. The number of hydrogen-bond donors (Lipinski definition) is 4. The number of hydrogen-bond acceptors (Lipinski definition) is 5. The smallest absolute Gasteiger partial charge is 0.391 e. The first-order valence-corrected chi connectivity index (χ1v) is 8.82. The molecule has 1 unspecified atom stereocenters. The normalized spacial score (nSPS) is 16.0. The monoisotopic (exact) mass is 393 g/mol. The van der Waals surface area contributed by atoms with Gasteiger partial charge in [-0.05, 0) is 55.2 Å². The maximum Gasteiger partial charge on any atom is 0.416 e. The number of hydrazone groups is 1. The van der Waals surface area contributed by atoms with E-state index in [4.69, 9.17) is 11.6 Å². The van der Waals surface area contributed by atoms with Crippen LogP contribution in [0.1, 0.15) is 24.0 Å². The molecule has 0 aliphatic heterocycles. The Balaban J connectivity index is 1.74. The molecule has 0 bridgehead atoms. The summed E-state index contributed by atoms with van der Waals surface area (Å²) in [4.78, 5) is 0. The fourth-order valence-electron chi connectivity index (χ4n) is 2.77. The number of anilines is 2. The minimum Gasteiger partial charge on any atom is -0.391 e. The molecule has 1 saturated carbocycles. The van der Waals surface area contributed by atoms with Gasteiger partial charge in [-0.3, -0.25) is 0 Å². The molecule has 0 saturated heterocycles. The van der Waals surface area contributed by atoms with Crippen LogP contribution in [0.4, 0.5) is 24.5 Å². The number of benzene rings is 2. The van der Waals surface area contributed by atoms with Crippen LogP contribution in [0.25, 0.3) is 0 Å². The van der Waals surface area contributed by atoms with Crippen molar-refractivity contribution in [2.45, 2.75) is 25.1 Å². The highest BCUT2D eigenvalue weighted by Gasteiger charge is 2.31. The van der Waals surface area contributed by atoms with E-state index in [2.05, 4.69) is 10.4 Å². The van der Waals surface area contributed by atoms with E-state index in [1.165, 1.54) is 12.1 Å². The van der Waals surface area contributed by atoms with Gasteiger partial charge in [0.05, 0.1) is 18.2 Å². The summed E-state index contributed by atoms with van der Waals surface area (Å²) in [6.45, 7) is 0.167. The molecular weight excluding hydrogens is 371 g/mol. The number of halogens is 3. The fraction of sp³-hybridized carbons (Fsp3) is 0.316. The van der Waals surface area contributed by atoms with E-state index in [-0.39, 0.29) is 18.3 Å². The second kappa shape index (κ2) is 8.07. The third-order valence-electron chi connectivity index (χ3n) is 4.47. The average Bonchev–Trinajstić information content (AvgIpc) is 3.47. The Morgan fingerprint density at radius 2 is 1.82 bits per heavy atom. The van der Waals surface area contributed by atoms with Crippen LogP contribution in [0.5, 0.6) is 0 Å². The summed E-state index contributed by atoms with van der Waals surface area (Å²) in [5.41, 5.74) is 6.92. The summed E-state index contributed by atoms with van der Waals surface area (Å²) >= 11 is 0. The molecule has 2 aromatic carbocycles. The van der Waals surface area contributed by atoms with Gasteiger partial charge in [-0.2, -0.15) is 13.2 Å². The van der Waals surface area contributed by atoms with Crippen molar-refractivity contribution < 1.29 is 18.3 Å². The summed E-state index contributed by atoms with van der Waals surface area (Å²) in [6, 6.07) is 11.7. The van der Waals surface area contributed by atoms with Crippen molar-refractivity contribution in [3.8, 4) is 0 Å². The highest BCUT2D eigenvalue weighted by molar-refractivity contribution is 6.02. The molecule has 9 heteroatoms. The number of para-hydroxylation sites is 1. The Hall–Kier alpha value is -2.78. The second-order valence-corrected chi connectivity index (χ2v) is 6.76. The lowest BCUT2D eigenvalue weighted by molar-refractivity contribution is -0.137. The Kier molecular flexibility index (Phi) is 5.76. The Morgan fingerprint density at radius 3 is 2.43 bits per heavy atom. The zero-order valence-corrected chi connectivity index (χ0v) is 15.0. The molecule has 0 aromatic heterocycles. The third kappa shape index (κ3) is 5.14. The van der Waals surface area contributed by atoms with Crippen molar-refractivity contribution in [2.75, 3.05) is 11.9 Å². The van der Waals surface area contributed by atoms with Crippen LogP contribution in [-0.4, -0.2) is 28.7 Å².